The van der Waals surface area contributed by atoms with Crippen molar-refractivity contribution in [1.29, 1.82) is 5.26 Å². The Labute approximate surface area is 91.9 Å². The molecule has 0 N–H and O–H groups in total. The van der Waals surface area contributed by atoms with Crippen LogP contribution in [0.15, 0.2) is 23.1 Å². The van der Waals surface area contributed by atoms with Gasteiger partial charge in [0.25, 0.3) is 0 Å². The van der Waals surface area contributed by atoms with Gasteiger partial charge < -0.3 is 0 Å². The maximum Gasteiger partial charge on any atom is 0.178 e. The molecule has 2 nitrogen and oxygen atoms in total. The number of thioether (sulfide) groups is 1. The van der Waals surface area contributed by atoms with Gasteiger partial charge in [-0.05, 0) is 24.5 Å². The van der Waals surface area contributed by atoms with Gasteiger partial charge in [-0.3, -0.25) is 4.79 Å². The molecule has 1 rings (SSSR count). The molecule has 0 spiro atoms. The fourth-order valence-corrected chi connectivity index (χ4v) is 1.95. The summed E-state index contributed by atoms with van der Waals surface area (Å²) < 4.78 is 0. The van der Waals surface area contributed by atoms with E-state index < -0.39 is 0 Å². The summed E-state index contributed by atoms with van der Waals surface area (Å²) in [4.78, 5) is 12.3. The zero-order valence-corrected chi connectivity index (χ0v) is 9.15. The summed E-state index contributed by atoms with van der Waals surface area (Å²) in [6.45, 7) is 0. The Bertz CT molecular complexity index is 398. The van der Waals surface area contributed by atoms with E-state index in [1.54, 1.807) is 18.2 Å². The lowest BCUT2D eigenvalue weighted by molar-refractivity contribution is 0.0995. The largest absolute Gasteiger partial charge is 0.293 e. The van der Waals surface area contributed by atoms with Crippen LogP contribution in [0.5, 0.6) is 0 Å². The minimum absolute atomic E-state index is 0.0881. The van der Waals surface area contributed by atoms with Crippen molar-refractivity contribution in [1.82, 2.24) is 0 Å². The van der Waals surface area contributed by atoms with Crippen LogP contribution in [-0.2, 0) is 0 Å². The average molecular weight is 226 g/mol. The molecule has 0 aliphatic rings. The topological polar surface area (TPSA) is 40.9 Å². The summed E-state index contributed by atoms with van der Waals surface area (Å²) in [6, 6.07) is 6.89. The van der Waals surface area contributed by atoms with Crippen molar-refractivity contribution in [3.63, 3.8) is 0 Å². The van der Waals surface area contributed by atoms with Gasteiger partial charge in [0, 0.05) is 15.5 Å². The number of benzene rings is 1. The SMILES string of the molecule is CSc1cc(Cl)ccc1C(=O)CC#N. The van der Waals surface area contributed by atoms with Crippen LogP contribution in [0.1, 0.15) is 16.8 Å². The van der Waals surface area contributed by atoms with Crippen LogP contribution >= 0.6 is 23.4 Å². The molecule has 0 aliphatic heterocycles. The smallest absolute Gasteiger partial charge is 0.178 e. The summed E-state index contributed by atoms with van der Waals surface area (Å²) in [5, 5.41) is 9.01. The minimum atomic E-state index is -0.159. The van der Waals surface area contributed by atoms with E-state index in [0.29, 0.717) is 10.6 Å². The van der Waals surface area contributed by atoms with Crippen molar-refractivity contribution in [3.05, 3.63) is 28.8 Å². The molecule has 4 heteroatoms. The molecule has 0 amide bonds. The number of nitrogens with zero attached hydrogens (tertiary/aromatic N) is 1. The number of hydrogen-bond donors (Lipinski definition) is 0. The summed E-state index contributed by atoms with van der Waals surface area (Å²) in [5.74, 6) is -0.159. The van der Waals surface area contributed by atoms with Gasteiger partial charge in [-0.25, -0.2) is 0 Å². The molecule has 0 fully saturated rings. The Balaban J connectivity index is 3.09. The van der Waals surface area contributed by atoms with Crippen LogP contribution in [0, 0.1) is 11.3 Å². The van der Waals surface area contributed by atoms with Crippen LogP contribution in [0.4, 0.5) is 0 Å². The summed E-state index contributed by atoms with van der Waals surface area (Å²) >= 11 is 7.24. The summed E-state index contributed by atoms with van der Waals surface area (Å²) in [6.07, 6.45) is 1.78. The van der Waals surface area contributed by atoms with Crippen LogP contribution in [0.3, 0.4) is 0 Å². The minimum Gasteiger partial charge on any atom is -0.293 e. The number of halogens is 1. The Morgan fingerprint density at radius 3 is 2.93 bits per heavy atom. The van der Waals surface area contributed by atoms with Crippen LogP contribution in [0.2, 0.25) is 5.02 Å². The molecule has 0 atom stereocenters. The lowest BCUT2D eigenvalue weighted by Crippen LogP contribution is -1.99. The monoisotopic (exact) mass is 225 g/mol. The van der Waals surface area contributed by atoms with E-state index >= 15 is 0 Å². The number of carbonyl (C=O) groups excluding carboxylic acids is 1. The highest BCUT2D eigenvalue weighted by Gasteiger charge is 2.10. The highest BCUT2D eigenvalue weighted by molar-refractivity contribution is 7.98. The Hall–Kier alpha value is -0.980. The second kappa shape index (κ2) is 5.04. The third kappa shape index (κ3) is 2.50. The first-order valence-corrected chi connectivity index (χ1v) is 5.53. The summed E-state index contributed by atoms with van der Waals surface area (Å²) in [7, 11) is 0. The van der Waals surface area contributed by atoms with E-state index in [0.717, 1.165) is 4.90 Å². The van der Waals surface area contributed by atoms with Gasteiger partial charge in [-0.2, -0.15) is 5.26 Å². The molecule has 0 saturated heterocycles. The van der Waals surface area contributed by atoms with Crippen molar-refractivity contribution in [2.75, 3.05) is 6.26 Å². The van der Waals surface area contributed by atoms with Gasteiger partial charge >= 0.3 is 0 Å². The molecule has 0 aliphatic carbocycles. The molecule has 72 valence electrons. The van der Waals surface area contributed by atoms with Gasteiger partial charge in [0.1, 0.15) is 0 Å². The van der Waals surface area contributed by atoms with Gasteiger partial charge in [0.15, 0.2) is 5.78 Å². The van der Waals surface area contributed by atoms with Gasteiger partial charge in [0.05, 0.1) is 12.5 Å². The first-order chi connectivity index (χ1) is 6.69. The fourth-order valence-electron chi connectivity index (χ4n) is 1.06. The van der Waals surface area contributed by atoms with Gasteiger partial charge in [-0.15, -0.1) is 11.8 Å². The zero-order valence-electron chi connectivity index (χ0n) is 7.58. The first-order valence-electron chi connectivity index (χ1n) is 3.92. The maximum absolute atomic E-state index is 11.5. The lowest BCUT2D eigenvalue weighted by atomic mass is 10.1. The van der Waals surface area contributed by atoms with Crippen molar-refractivity contribution in [2.24, 2.45) is 0 Å². The van der Waals surface area contributed by atoms with Gasteiger partial charge in [-0.1, -0.05) is 11.6 Å². The maximum atomic E-state index is 11.5. The predicted molar refractivity (Wildman–Crippen MR) is 57.8 cm³/mol. The standard InChI is InChI=1S/C10H8ClNOS/c1-14-10-6-7(11)2-3-8(10)9(13)4-5-12/h2-3,6H,4H2,1H3. The molecule has 0 aromatic heterocycles. The Morgan fingerprint density at radius 2 is 2.36 bits per heavy atom. The quantitative estimate of drug-likeness (QED) is 0.586. The zero-order chi connectivity index (χ0) is 10.6. The molecular weight excluding hydrogens is 218 g/mol. The third-order valence-corrected chi connectivity index (χ3v) is 2.72. The molecule has 1 aromatic rings. The first kappa shape index (κ1) is 11.1. The van der Waals surface area contributed by atoms with E-state index in [1.807, 2.05) is 12.3 Å². The number of nitriles is 1. The molecule has 0 heterocycles. The van der Waals surface area contributed by atoms with E-state index in [-0.39, 0.29) is 12.2 Å². The number of Topliss-reactive ketones (excluding diaryl/α,β-unsaturated/α-hetero) is 1. The van der Waals surface area contributed by atoms with Crippen LogP contribution < -0.4 is 0 Å². The predicted octanol–water partition coefficient (Wildman–Crippen LogP) is 3.16. The Kier molecular flexibility index (Phi) is 3.99. The average Bonchev–Trinajstić information content (AvgIpc) is 2.17. The van der Waals surface area contributed by atoms with Crippen molar-refractivity contribution in [2.45, 2.75) is 11.3 Å². The molecule has 0 bridgehead atoms. The van der Waals surface area contributed by atoms with Crippen molar-refractivity contribution >= 4 is 29.1 Å². The summed E-state index contributed by atoms with van der Waals surface area (Å²) in [5.41, 5.74) is 0.573. The van der Waals surface area contributed by atoms with E-state index in [9.17, 15) is 4.79 Å². The molecule has 1 aromatic carbocycles. The Morgan fingerprint density at radius 1 is 1.64 bits per heavy atom. The molecule has 0 radical (unpaired) electrons. The van der Waals surface area contributed by atoms with Crippen molar-refractivity contribution in [3.8, 4) is 6.07 Å². The second-order valence-corrected chi connectivity index (χ2v) is 3.89. The van der Waals surface area contributed by atoms with Crippen LogP contribution in [-0.4, -0.2) is 12.0 Å². The molecule has 14 heavy (non-hydrogen) atoms. The third-order valence-electron chi connectivity index (χ3n) is 1.70. The molecule has 0 unspecified atom stereocenters. The van der Waals surface area contributed by atoms with Crippen LogP contribution in [0.25, 0.3) is 0 Å². The van der Waals surface area contributed by atoms with Gasteiger partial charge in [0.2, 0.25) is 0 Å². The lowest BCUT2D eigenvalue weighted by Gasteiger charge is -2.04. The van der Waals surface area contributed by atoms with E-state index in [1.165, 1.54) is 11.8 Å². The normalized spacial score (nSPS) is 9.50. The molecular formula is C10H8ClNOS. The second-order valence-electron chi connectivity index (χ2n) is 2.60. The molecule has 0 saturated carbocycles. The number of ketones is 1. The fraction of sp³-hybridized carbons (Fsp3) is 0.200. The highest BCUT2D eigenvalue weighted by Crippen LogP contribution is 2.25. The highest BCUT2D eigenvalue weighted by atomic mass is 35.5. The van der Waals surface area contributed by atoms with Crippen molar-refractivity contribution < 1.29 is 4.79 Å². The van der Waals surface area contributed by atoms with E-state index in [4.69, 9.17) is 16.9 Å². The number of carbonyl (C=O) groups is 1. The number of hydrogen-bond acceptors (Lipinski definition) is 3. The van der Waals surface area contributed by atoms with E-state index in [2.05, 4.69) is 0 Å². The number of rotatable bonds is 3.